The topological polar surface area (TPSA) is 75.0 Å². The average molecular weight is 431 g/mol. The Morgan fingerprint density at radius 1 is 0.767 bits per heavy atom. The third kappa shape index (κ3) is 2.33. The molecule has 2 N–H and O–H groups in total. The van der Waals surface area contributed by atoms with E-state index in [0.29, 0.717) is 21.8 Å². The summed E-state index contributed by atoms with van der Waals surface area (Å²) in [5, 5.41) is 0.756. The third-order valence-corrected chi connectivity index (χ3v) is 7.81. The number of benzene rings is 4. The molecule has 0 radical (unpaired) electrons. The maximum Gasteiger partial charge on any atom is 0.230 e. The first-order valence-electron chi connectivity index (χ1n) is 9.32. The Labute approximate surface area is 176 Å². The zero-order valence-electron chi connectivity index (χ0n) is 15.7. The van der Waals surface area contributed by atoms with Crippen LogP contribution in [0.1, 0.15) is 0 Å². The fraction of sp³-hybridized carbons (Fsp3) is 0.0435. The van der Waals surface area contributed by atoms with Gasteiger partial charge in [0.2, 0.25) is 5.43 Å². The number of rotatable bonds is 1. The molecule has 0 aliphatic heterocycles. The average Bonchev–Trinajstić information content (AvgIpc) is 2.78. The van der Waals surface area contributed by atoms with E-state index in [2.05, 4.69) is 9.97 Å². The van der Waals surface area contributed by atoms with Gasteiger partial charge in [-0.05, 0) is 24.3 Å². The van der Waals surface area contributed by atoms with Gasteiger partial charge in [-0.3, -0.25) is 9.59 Å². The van der Waals surface area contributed by atoms with E-state index in [1.54, 1.807) is 22.7 Å². The van der Waals surface area contributed by atoms with Crippen molar-refractivity contribution in [3.05, 3.63) is 75.0 Å². The lowest BCUT2D eigenvalue weighted by Crippen LogP contribution is -2.14. The number of aromatic amines is 2. The lowest BCUT2D eigenvalue weighted by atomic mass is 10.1. The third-order valence-electron chi connectivity index (χ3n) is 5.31. The molecule has 0 aliphatic carbocycles. The second-order valence-electron chi connectivity index (χ2n) is 7.01. The van der Waals surface area contributed by atoms with Crippen LogP contribution >= 0.6 is 22.7 Å². The molecular formula is C23H14N2O3S2. The number of methoxy groups -OCH3 is 1. The van der Waals surface area contributed by atoms with Crippen molar-refractivity contribution in [1.82, 2.24) is 9.97 Å². The summed E-state index contributed by atoms with van der Waals surface area (Å²) in [6, 6.07) is 17.2. The smallest absolute Gasteiger partial charge is 0.230 e. The molecule has 7 heteroatoms. The maximum atomic E-state index is 13.3. The van der Waals surface area contributed by atoms with Gasteiger partial charge in [-0.25, -0.2) is 0 Å². The molecule has 0 unspecified atom stereocenters. The predicted molar refractivity (Wildman–Crippen MR) is 126 cm³/mol. The van der Waals surface area contributed by atoms with Crippen molar-refractivity contribution in [3.8, 4) is 5.75 Å². The molecule has 0 fully saturated rings. The molecule has 0 aliphatic rings. The molecule has 6 rings (SSSR count). The molecule has 0 bridgehead atoms. The number of aromatic nitrogens is 2. The van der Waals surface area contributed by atoms with Crippen LogP contribution in [0, 0.1) is 0 Å². The van der Waals surface area contributed by atoms with Gasteiger partial charge in [-0.2, -0.15) is 0 Å². The minimum Gasteiger partial charge on any atom is -0.492 e. The van der Waals surface area contributed by atoms with Crippen LogP contribution in [0.25, 0.3) is 51.6 Å². The van der Waals surface area contributed by atoms with E-state index < -0.39 is 0 Å². The number of para-hydroxylation sites is 2. The minimum absolute atomic E-state index is 0.0594. The fourth-order valence-electron chi connectivity index (χ4n) is 3.95. The first kappa shape index (κ1) is 17.4. The van der Waals surface area contributed by atoms with E-state index in [0.717, 1.165) is 29.8 Å². The highest BCUT2D eigenvalue weighted by molar-refractivity contribution is 7.32. The SMILES string of the molecule is COc1cc(=O)c2c3[nH]c4ccccc4sc3c3sc4ccccc4[nH]c3c2c1=O. The summed E-state index contributed by atoms with van der Waals surface area (Å²) < 4.78 is 9.26. The summed E-state index contributed by atoms with van der Waals surface area (Å²) in [6.45, 7) is 0. The Balaban J connectivity index is 2.02. The van der Waals surface area contributed by atoms with Crippen LogP contribution in [0.3, 0.4) is 0 Å². The van der Waals surface area contributed by atoms with Gasteiger partial charge in [0, 0.05) is 6.07 Å². The van der Waals surface area contributed by atoms with Crippen LogP contribution in [-0.2, 0) is 0 Å². The van der Waals surface area contributed by atoms with Crippen LogP contribution in [0.4, 0.5) is 0 Å². The first-order chi connectivity index (χ1) is 14.7. The molecule has 0 saturated heterocycles. The van der Waals surface area contributed by atoms with E-state index in [1.165, 1.54) is 13.2 Å². The van der Waals surface area contributed by atoms with E-state index >= 15 is 0 Å². The van der Waals surface area contributed by atoms with Gasteiger partial charge >= 0.3 is 0 Å². The predicted octanol–water partition coefficient (Wildman–Crippen LogP) is 5.52. The molecule has 0 saturated carbocycles. The van der Waals surface area contributed by atoms with Crippen LogP contribution in [-0.4, -0.2) is 17.1 Å². The van der Waals surface area contributed by atoms with E-state index in [4.69, 9.17) is 4.74 Å². The molecule has 2 aromatic heterocycles. The number of hydrogen-bond acceptors (Lipinski definition) is 5. The minimum atomic E-state index is -0.288. The number of hydrogen-bond donors (Lipinski definition) is 2. The fourth-order valence-corrected chi connectivity index (χ4v) is 6.29. The lowest BCUT2D eigenvalue weighted by Gasteiger charge is -2.12. The molecule has 30 heavy (non-hydrogen) atoms. The van der Waals surface area contributed by atoms with E-state index in [-0.39, 0.29) is 16.6 Å². The molecular weight excluding hydrogens is 416 g/mol. The summed E-state index contributed by atoms with van der Waals surface area (Å²) in [5.74, 6) is 0.0594. The standard InChI is InChI=1S/C23H14N2O3S2/c1-28-14-10-13(26)17-18(21(14)27)20-23(30-16-9-5-3-7-12(16)25-20)22-19(17)24-11-6-2-4-8-15(11)29-22/h2-10,24-25H,1H3. The van der Waals surface area contributed by atoms with Gasteiger partial charge < -0.3 is 14.7 Å². The molecule has 5 nitrogen and oxygen atoms in total. The van der Waals surface area contributed by atoms with Gasteiger partial charge in [0.1, 0.15) is 0 Å². The van der Waals surface area contributed by atoms with E-state index in [1.807, 2.05) is 48.5 Å². The van der Waals surface area contributed by atoms with Gasteiger partial charge in [-0.1, -0.05) is 24.3 Å². The zero-order valence-corrected chi connectivity index (χ0v) is 17.4. The Bertz CT molecular complexity index is 1790. The van der Waals surface area contributed by atoms with Crippen molar-refractivity contribution in [3.63, 3.8) is 0 Å². The quantitative estimate of drug-likeness (QED) is 0.266. The maximum absolute atomic E-state index is 13.3. The van der Waals surface area contributed by atoms with Crippen molar-refractivity contribution in [2.24, 2.45) is 0 Å². The van der Waals surface area contributed by atoms with Gasteiger partial charge in [-0.15, -0.1) is 22.7 Å². The van der Waals surface area contributed by atoms with Crippen molar-refractivity contribution in [2.45, 2.75) is 0 Å². The lowest BCUT2D eigenvalue weighted by molar-refractivity contribution is 0.411. The molecule has 0 amide bonds. The Morgan fingerprint density at radius 2 is 1.30 bits per heavy atom. The summed E-state index contributed by atoms with van der Waals surface area (Å²) in [7, 11) is 1.41. The second kappa shape index (κ2) is 6.29. The summed E-state index contributed by atoms with van der Waals surface area (Å²) in [4.78, 5) is 33.2. The van der Waals surface area contributed by atoms with Crippen molar-refractivity contribution in [1.29, 1.82) is 0 Å². The summed E-state index contributed by atoms with van der Waals surface area (Å²) in [5.41, 5.74) is 2.67. The summed E-state index contributed by atoms with van der Waals surface area (Å²) >= 11 is 3.23. The highest BCUT2D eigenvalue weighted by atomic mass is 32.1. The second-order valence-corrected chi connectivity index (χ2v) is 9.12. The first-order valence-corrected chi connectivity index (χ1v) is 11.0. The number of ether oxygens (including phenoxy) is 1. The van der Waals surface area contributed by atoms with Crippen molar-refractivity contribution in [2.75, 3.05) is 7.11 Å². The van der Waals surface area contributed by atoms with Crippen LogP contribution in [0.15, 0.2) is 64.2 Å². The van der Waals surface area contributed by atoms with Gasteiger partial charge in [0.25, 0.3) is 0 Å². The Morgan fingerprint density at radius 3 is 1.87 bits per heavy atom. The Hall–Kier alpha value is -3.42. The monoisotopic (exact) mass is 430 g/mol. The van der Waals surface area contributed by atoms with Crippen molar-refractivity contribution < 1.29 is 4.74 Å². The largest absolute Gasteiger partial charge is 0.492 e. The molecule has 0 spiro atoms. The molecule has 2 heterocycles. The highest BCUT2D eigenvalue weighted by Gasteiger charge is 2.19. The van der Waals surface area contributed by atoms with Gasteiger partial charge in [0.05, 0.1) is 58.7 Å². The van der Waals surface area contributed by atoms with E-state index in [9.17, 15) is 9.59 Å². The number of fused-ring (bicyclic) bond motifs is 8. The highest BCUT2D eigenvalue weighted by Crippen LogP contribution is 2.39. The Kier molecular flexibility index (Phi) is 3.65. The molecule has 0 atom stereocenters. The van der Waals surface area contributed by atoms with Crippen LogP contribution in [0.2, 0.25) is 0 Å². The normalized spacial score (nSPS) is 11.8. The number of H-pyrrole nitrogens is 2. The molecule has 146 valence electrons. The van der Waals surface area contributed by atoms with Gasteiger partial charge in [0.15, 0.2) is 11.2 Å². The molecule has 4 aromatic carbocycles. The zero-order chi connectivity index (χ0) is 20.4. The molecule has 6 aromatic rings. The number of nitrogens with one attached hydrogen (secondary N) is 2. The van der Waals surface area contributed by atoms with Crippen LogP contribution in [0.5, 0.6) is 5.75 Å². The summed E-state index contributed by atoms with van der Waals surface area (Å²) in [6.07, 6.45) is 0. The van der Waals surface area contributed by atoms with Crippen molar-refractivity contribution >= 4 is 74.3 Å². The van der Waals surface area contributed by atoms with Crippen LogP contribution < -0.4 is 15.6 Å².